The lowest BCUT2D eigenvalue weighted by molar-refractivity contribution is -0.0498. The van der Waals surface area contributed by atoms with Gasteiger partial charge in [0.1, 0.15) is 11.6 Å². The molecule has 0 bridgehead atoms. The molecule has 0 atom stereocenters. The van der Waals surface area contributed by atoms with Gasteiger partial charge in [0, 0.05) is 18.7 Å². The Morgan fingerprint density at radius 2 is 1.87 bits per heavy atom. The van der Waals surface area contributed by atoms with Gasteiger partial charge in [-0.2, -0.15) is 8.78 Å². The highest BCUT2D eigenvalue weighted by Gasteiger charge is 2.25. The van der Waals surface area contributed by atoms with Gasteiger partial charge in [0.15, 0.2) is 5.69 Å². The standard InChI is InChI=1S/C20H26F2N4O4/c1-4-5-10-25(18(28)13-6-8-14(9-7-13)30-19(21)22)15-16(23)26(11-12(2)3)20(29)24-17(15)27/h6-9,12,19H,4-5,10-11,23H2,1-3H3,(H,24,27,29). The number of anilines is 2. The first-order valence-electron chi connectivity index (χ1n) is 9.65. The molecule has 0 aliphatic heterocycles. The first-order valence-corrected chi connectivity index (χ1v) is 9.65. The third-order valence-electron chi connectivity index (χ3n) is 4.34. The summed E-state index contributed by atoms with van der Waals surface area (Å²) in [6.07, 6.45) is 1.33. The minimum atomic E-state index is -2.98. The van der Waals surface area contributed by atoms with Crippen molar-refractivity contribution in [2.24, 2.45) is 5.92 Å². The molecule has 8 nitrogen and oxygen atoms in total. The molecule has 1 heterocycles. The van der Waals surface area contributed by atoms with Crippen LogP contribution in [0.15, 0.2) is 33.9 Å². The zero-order valence-corrected chi connectivity index (χ0v) is 17.2. The number of H-pyrrole nitrogens is 1. The van der Waals surface area contributed by atoms with E-state index in [1.54, 1.807) is 0 Å². The van der Waals surface area contributed by atoms with Crippen molar-refractivity contribution in [3.63, 3.8) is 0 Å². The molecule has 3 N–H and O–H groups in total. The minimum absolute atomic E-state index is 0.0749. The van der Waals surface area contributed by atoms with E-state index in [0.717, 1.165) is 6.42 Å². The van der Waals surface area contributed by atoms with Crippen LogP contribution in [0.5, 0.6) is 5.75 Å². The molecule has 0 saturated carbocycles. The van der Waals surface area contributed by atoms with Crippen molar-refractivity contribution < 1.29 is 18.3 Å². The number of halogens is 2. The Morgan fingerprint density at radius 3 is 2.40 bits per heavy atom. The van der Waals surface area contributed by atoms with E-state index in [1.165, 1.54) is 33.7 Å². The lowest BCUT2D eigenvalue weighted by atomic mass is 10.1. The SMILES string of the molecule is CCCCN(C(=O)c1ccc(OC(F)F)cc1)c1c(N)n(CC(C)C)c(=O)[nH]c1=O. The average Bonchev–Trinajstić information content (AvgIpc) is 2.67. The molecule has 0 unspecified atom stereocenters. The van der Waals surface area contributed by atoms with Gasteiger partial charge >= 0.3 is 12.3 Å². The molecular formula is C20H26F2N4O4. The number of hydrogen-bond donors (Lipinski definition) is 2. The average molecular weight is 424 g/mol. The largest absolute Gasteiger partial charge is 0.435 e. The Bertz CT molecular complexity index is 984. The predicted molar refractivity (Wildman–Crippen MR) is 110 cm³/mol. The van der Waals surface area contributed by atoms with Crippen LogP contribution in [0.4, 0.5) is 20.3 Å². The van der Waals surface area contributed by atoms with E-state index in [0.29, 0.717) is 6.42 Å². The van der Waals surface area contributed by atoms with E-state index in [-0.39, 0.29) is 41.8 Å². The highest BCUT2D eigenvalue weighted by atomic mass is 19.3. The second-order valence-electron chi connectivity index (χ2n) is 7.21. The lowest BCUT2D eigenvalue weighted by Gasteiger charge is -2.25. The monoisotopic (exact) mass is 424 g/mol. The molecule has 0 spiro atoms. The molecule has 0 aliphatic rings. The maximum atomic E-state index is 13.1. The molecule has 10 heteroatoms. The Labute approximate surface area is 172 Å². The van der Waals surface area contributed by atoms with Crippen molar-refractivity contribution in [3.8, 4) is 5.75 Å². The van der Waals surface area contributed by atoms with E-state index in [4.69, 9.17) is 5.73 Å². The quantitative estimate of drug-likeness (QED) is 0.643. The Hall–Kier alpha value is -3.17. The third-order valence-corrected chi connectivity index (χ3v) is 4.34. The molecule has 0 fully saturated rings. The van der Waals surface area contributed by atoms with Crippen LogP contribution in [0.25, 0.3) is 0 Å². The fourth-order valence-corrected chi connectivity index (χ4v) is 2.95. The number of rotatable bonds is 9. The van der Waals surface area contributed by atoms with E-state index in [9.17, 15) is 23.2 Å². The predicted octanol–water partition coefficient (Wildman–Crippen LogP) is 2.82. The molecule has 2 aromatic rings. The molecule has 2 rings (SSSR count). The third kappa shape index (κ3) is 5.46. The summed E-state index contributed by atoms with van der Waals surface area (Å²) in [5.74, 6) is -0.658. The number of nitrogen functional groups attached to an aromatic ring is 1. The van der Waals surface area contributed by atoms with E-state index >= 15 is 0 Å². The Kier molecular flexibility index (Phi) is 7.73. The number of hydrogen-bond acceptors (Lipinski definition) is 5. The van der Waals surface area contributed by atoms with Crippen molar-refractivity contribution in [2.45, 2.75) is 46.8 Å². The number of aromatic nitrogens is 2. The summed E-state index contributed by atoms with van der Waals surface area (Å²) in [4.78, 5) is 41.4. The summed E-state index contributed by atoms with van der Waals surface area (Å²) in [5, 5.41) is 0. The van der Waals surface area contributed by atoms with Crippen molar-refractivity contribution in [2.75, 3.05) is 17.2 Å². The number of aromatic amines is 1. The molecule has 164 valence electrons. The summed E-state index contributed by atoms with van der Waals surface area (Å²) in [6.45, 7) is 3.18. The lowest BCUT2D eigenvalue weighted by Crippen LogP contribution is -2.42. The first kappa shape index (κ1) is 23.1. The van der Waals surface area contributed by atoms with Crippen LogP contribution >= 0.6 is 0 Å². The second kappa shape index (κ2) is 10.0. The zero-order chi connectivity index (χ0) is 22.4. The van der Waals surface area contributed by atoms with Crippen LogP contribution in [0.2, 0.25) is 0 Å². The van der Waals surface area contributed by atoms with Crippen LogP contribution in [-0.4, -0.2) is 28.6 Å². The normalized spacial score (nSPS) is 11.2. The van der Waals surface area contributed by atoms with E-state index in [2.05, 4.69) is 9.72 Å². The number of nitrogens with one attached hydrogen (secondary N) is 1. The number of nitrogens with two attached hydrogens (primary N) is 1. The number of alkyl halides is 2. The topological polar surface area (TPSA) is 110 Å². The van der Waals surface area contributed by atoms with Crippen molar-refractivity contribution in [1.82, 2.24) is 9.55 Å². The van der Waals surface area contributed by atoms with Crippen LogP contribution in [0.3, 0.4) is 0 Å². The smallest absolute Gasteiger partial charge is 0.387 e. The summed E-state index contributed by atoms with van der Waals surface area (Å²) in [5.41, 5.74) is 4.79. The van der Waals surface area contributed by atoms with Gasteiger partial charge in [-0.1, -0.05) is 27.2 Å². The summed E-state index contributed by atoms with van der Waals surface area (Å²) in [7, 11) is 0. The van der Waals surface area contributed by atoms with Crippen LogP contribution in [-0.2, 0) is 6.54 Å². The number of benzene rings is 1. The number of amides is 1. The van der Waals surface area contributed by atoms with Crippen molar-refractivity contribution in [1.29, 1.82) is 0 Å². The molecule has 1 amide bonds. The zero-order valence-electron chi connectivity index (χ0n) is 17.2. The number of nitrogens with zero attached hydrogens (tertiary/aromatic N) is 2. The van der Waals surface area contributed by atoms with Gasteiger partial charge in [-0.25, -0.2) is 4.79 Å². The Balaban J connectivity index is 2.51. The van der Waals surface area contributed by atoms with Crippen LogP contribution in [0.1, 0.15) is 44.0 Å². The highest BCUT2D eigenvalue weighted by Crippen LogP contribution is 2.22. The fourth-order valence-electron chi connectivity index (χ4n) is 2.95. The second-order valence-corrected chi connectivity index (χ2v) is 7.21. The molecule has 0 saturated heterocycles. The van der Waals surface area contributed by atoms with Gasteiger partial charge in [0.2, 0.25) is 0 Å². The van der Waals surface area contributed by atoms with Crippen LogP contribution in [0, 0.1) is 5.92 Å². The maximum Gasteiger partial charge on any atom is 0.387 e. The number of carbonyl (C=O) groups excluding carboxylic acids is 1. The molecule has 1 aromatic carbocycles. The summed E-state index contributed by atoms with van der Waals surface area (Å²) >= 11 is 0. The molecular weight excluding hydrogens is 398 g/mol. The fraction of sp³-hybridized carbons (Fsp3) is 0.450. The Morgan fingerprint density at radius 1 is 1.23 bits per heavy atom. The molecule has 0 aliphatic carbocycles. The van der Waals surface area contributed by atoms with Crippen LogP contribution < -0.4 is 26.6 Å². The minimum Gasteiger partial charge on any atom is -0.435 e. The number of unbranched alkanes of at least 4 members (excludes halogenated alkanes) is 1. The van der Waals surface area contributed by atoms with Gasteiger partial charge in [-0.05, 0) is 36.6 Å². The molecule has 30 heavy (non-hydrogen) atoms. The van der Waals surface area contributed by atoms with Gasteiger partial charge < -0.3 is 15.4 Å². The van der Waals surface area contributed by atoms with Gasteiger partial charge in [0.05, 0.1) is 0 Å². The van der Waals surface area contributed by atoms with E-state index in [1.807, 2.05) is 20.8 Å². The highest BCUT2D eigenvalue weighted by molar-refractivity contribution is 6.07. The molecule has 0 radical (unpaired) electrons. The van der Waals surface area contributed by atoms with Crippen molar-refractivity contribution >= 4 is 17.4 Å². The van der Waals surface area contributed by atoms with Crippen molar-refractivity contribution in [3.05, 3.63) is 50.7 Å². The van der Waals surface area contributed by atoms with Gasteiger partial charge in [0.25, 0.3) is 11.5 Å². The first-order chi connectivity index (χ1) is 14.1. The maximum absolute atomic E-state index is 13.1. The summed E-state index contributed by atoms with van der Waals surface area (Å²) in [6, 6.07) is 5.14. The van der Waals surface area contributed by atoms with Gasteiger partial charge in [-0.3, -0.25) is 19.1 Å². The van der Waals surface area contributed by atoms with E-state index < -0.39 is 23.8 Å². The van der Waals surface area contributed by atoms with Gasteiger partial charge in [-0.15, -0.1) is 0 Å². The number of ether oxygens (including phenoxy) is 1. The molecule has 1 aromatic heterocycles. The summed E-state index contributed by atoms with van der Waals surface area (Å²) < 4.78 is 30.2. The number of carbonyl (C=O) groups is 1.